The van der Waals surface area contributed by atoms with Gasteiger partial charge in [0.05, 0.1) is 17.8 Å². The second-order valence-electron chi connectivity index (χ2n) is 6.79. The number of rotatable bonds is 12. The van der Waals surface area contributed by atoms with Crippen LogP contribution in [-0.4, -0.2) is 47.2 Å². The summed E-state index contributed by atoms with van der Waals surface area (Å²) in [6.07, 6.45) is 6.33. The molecule has 5 heteroatoms. The Labute approximate surface area is 158 Å². The average molecular weight is 359 g/mol. The standard InChI is InChI=1S/C21H34N4O/c1-5-8-16-26-20-12-11-18-21(24-20)19(13-14-22-18)23-17(4)10-9-15-25(6-2)7-3/h11-14,17H,5-10,15-16H2,1-4H3,(H,22,23). The third kappa shape index (κ3) is 6.13. The molecule has 2 aromatic heterocycles. The molecule has 0 aliphatic carbocycles. The highest BCUT2D eigenvalue weighted by Gasteiger charge is 2.09. The minimum atomic E-state index is 0.391. The van der Waals surface area contributed by atoms with Gasteiger partial charge in [0.15, 0.2) is 0 Å². The molecule has 0 radical (unpaired) electrons. The zero-order chi connectivity index (χ0) is 18.8. The first-order valence-corrected chi connectivity index (χ1v) is 10.0. The van der Waals surface area contributed by atoms with E-state index in [0.717, 1.165) is 55.6 Å². The second-order valence-corrected chi connectivity index (χ2v) is 6.79. The summed E-state index contributed by atoms with van der Waals surface area (Å²) in [6.45, 7) is 12.9. The van der Waals surface area contributed by atoms with Crippen molar-refractivity contribution in [2.75, 3.05) is 31.6 Å². The van der Waals surface area contributed by atoms with Crippen molar-refractivity contribution in [2.24, 2.45) is 0 Å². The molecule has 0 saturated carbocycles. The summed E-state index contributed by atoms with van der Waals surface area (Å²) in [5.41, 5.74) is 2.82. The zero-order valence-electron chi connectivity index (χ0n) is 16.8. The highest BCUT2D eigenvalue weighted by atomic mass is 16.5. The van der Waals surface area contributed by atoms with E-state index in [0.29, 0.717) is 18.5 Å². The first kappa shape index (κ1) is 20.4. The molecule has 2 heterocycles. The molecule has 144 valence electrons. The van der Waals surface area contributed by atoms with Crippen molar-refractivity contribution in [3.63, 3.8) is 0 Å². The summed E-state index contributed by atoms with van der Waals surface area (Å²) in [5.74, 6) is 0.677. The van der Waals surface area contributed by atoms with Gasteiger partial charge < -0.3 is 15.0 Å². The van der Waals surface area contributed by atoms with Crippen molar-refractivity contribution < 1.29 is 4.74 Å². The Hall–Kier alpha value is -1.88. The maximum absolute atomic E-state index is 5.76. The number of ether oxygens (including phenoxy) is 1. The Morgan fingerprint density at radius 2 is 1.92 bits per heavy atom. The number of aromatic nitrogens is 2. The van der Waals surface area contributed by atoms with Crippen molar-refractivity contribution in [1.82, 2.24) is 14.9 Å². The molecule has 2 rings (SSSR count). The van der Waals surface area contributed by atoms with Gasteiger partial charge in [-0.2, -0.15) is 0 Å². The molecule has 0 aliphatic rings. The number of pyridine rings is 2. The lowest BCUT2D eigenvalue weighted by molar-refractivity contribution is 0.295. The SMILES string of the molecule is CCCCOc1ccc2nccc(NC(C)CCCN(CC)CC)c2n1. The van der Waals surface area contributed by atoms with Gasteiger partial charge in [-0.15, -0.1) is 0 Å². The topological polar surface area (TPSA) is 50.3 Å². The fourth-order valence-corrected chi connectivity index (χ4v) is 3.02. The third-order valence-corrected chi connectivity index (χ3v) is 4.71. The summed E-state index contributed by atoms with van der Waals surface area (Å²) >= 11 is 0. The maximum atomic E-state index is 5.76. The molecule has 0 aliphatic heterocycles. The predicted molar refractivity (Wildman–Crippen MR) is 110 cm³/mol. The van der Waals surface area contributed by atoms with Gasteiger partial charge in [-0.05, 0) is 58.0 Å². The Morgan fingerprint density at radius 3 is 2.65 bits per heavy atom. The van der Waals surface area contributed by atoms with Gasteiger partial charge in [-0.25, -0.2) is 4.98 Å². The molecule has 0 aromatic carbocycles. The van der Waals surface area contributed by atoms with E-state index in [1.165, 1.54) is 6.42 Å². The monoisotopic (exact) mass is 358 g/mol. The van der Waals surface area contributed by atoms with Crippen molar-refractivity contribution in [3.05, 3.63) is 24.4 Å². The lowest BCUT2D eigenvalue weighted by Crippen LogP contribution is -2.25. The molecule has 26 heavy (non-hydrogen) atoms. The van der Waals surface area contributed by atoms with Gasteiger partial charge in [0.25, 0.3) is 0 Å². The summed E-state index contributed by atoms with van der Waals surface area (Å²) in [4.78, 5) is 11.6. The molecule has 1 unspecified atom stereocenters. The molecule has 0 spiro atoms. The van der Waals surface area contributed by atoms with E-state index in [1.54, 1.807) is 0 Å². The minimum Gasteiger partial charge on any atom is -0.478 e. The van der Waals surface area contributed by atoms with Crippen LogP contribution < -0.4 is 10.1 Å². The lowest BCUT2D eigenvalue weighted by Gasteiger charge is -2.20. The Bertz CT molecular complexity index is 658. The molecule has 0 fully saturated rings. The van der Waals surface area contributed by atoms with Crippen molar-refractivity contribution in [2.45, 2.75) is 59.4 Å². The summed E-state index contributed by atoms with van der Waals surface area (Å²) in [6, 6.07) is 6.29. The highest BCUT2D eigenvalue weighted by molar-refractivity contribution is 5.87. The van der Waals surface area contributed by atoms with Crippen LogP contribution in [0.2, 0.25) is 0 Å². The molecule has 0 saturated heterocycles. The van der Waals surface area contributed by atoms with Gasteiger partial charge >= 0.3 is 0 Å². The van der Waals surface area contributed by atoms with Crippen LogP contribution in [0.1, 0.15) is 53.4 Å². The largest absolute Gasteiger partial charge is 0.478 e. The number of anilines is 1. The van der Waals surface area contributed by atoms with Gasteiger partial charge in [-0.3, -0.25) is 4.98 Å². The number of nitrogens with zero attached hydrogens (tertiary/aromatic N) is 3. The number of nitrogens with one attached hydrogen (secondary N) is 1. The Balaban J connectivity index is 1.99. The van der Waals surface area contributed by atoms with Crippen molar-refractivity contribution in [3.8, 4) is 5.88 Å². The van der Waals surface area contributed by atoms with E-state index in [9.17, 15) is 0 Å². The molecule has 1 atom stereocenters. The Kier molecular flexibility index (Phi) is 8.62. The van der Waals surface area contributed by atoms with Gasteiger partial charge in [0, 0.05) is 18.3 Å². The summed E-state index contributed by atoms with van der Waals surface area (Å²) in [7, 11) is 0. The van der Waals surface area contributed by atoms with E-state index in [1.807, 2.05) is 24.4 Å². The number of unbranched alkanes of at least 4 members (excludes halogenated alkanes) is 1. The fraction of sp³-hybridized carbons (Fsp3) is 0.619. The van der Waals surface area contributed by atoms with Crippen LogP contribution >= 0.6 is 0 Å². The predicted octanol–water partition coefficient (Wildman–Crippen LogP) is 4.73. The van der Waals surface area contributed by atoms with Crippen molar-refractivity contribution >= 4 is 16.7 Å². The fourth-order valence-electron chi connectivity index (χ4n) is 3.02. The average Bonchev–Trinajstić information content (AvgIpc) is 2.66. The normalized spacial score (nSPS) is 12.5. The van der Waals surface area contributed by atoms with E-state index in [-0.39, 0.29) is 0 Å². The van der Waals surface area contributed by atoms with Crippen LogP contribution in [0, 0.1) is 0 Å². The van der Waals surface area contributed by atoms with Gasteiger partial charge in [0.2, 0.25) is 5.88 Å². The molecule has 0 amide bonds. The van der Waals surface area contributed by atoms with Crippen molar-refractivity contribution in [1.29, 1.82) is 0 Å². The first-order valence-electron chi connectivity index (χ1n) is 10.0. The maximum Gasteiger partial charge on any atom is 0.213 e. The summed E-state index contributed by atoms with van der Waals surface area (Å²) in [5, 5.41) is 3.61. The lowest BCUT2D eigenvalue weighted by atomic mass is 10.1. The zero-order valence-corrected chi connectivity index (χ0v) is 16.8. The quantitative estimate of drug-likeness (QED) is 0.556. The molecule has 2 aromatic rings. The second kappa shape index (κ2) is 11.0. The highest BCUT2D eigenvalue weighted by Crippen LogP contribution is 2.23. The third-order valence-electron chi connectivity index (χ3n) is 4.71. The molecule has 1 N–H and O–H groups in total. The molecule has 0 bridgehead atoms. The van der Waals surface area contributed by atoms with Crippen LogP contribution in [0.3, 0.4) is 0 Å². The Morgan fingerprint density at radius 1 is 1.12 bits per heavy atom. The van der Waals surface area contributed by atoms with E-state index < -0.39 is 0 Å². The van der Waals surface area contributed by atoms with Crippen LogP contribution in [0.4, 0.5) is 5.69 Å². The summed E-state index contributed by atoms with van der Waals surface area (Å²) < 4.78 is 5.76. The van der Waals surface area contributed by atoms with E-state index in [4.69, 9.17) is 4.74 Å². The van der Waals surface area contributed by atoms with Crippen LogP contribution in [0.5, 0.6) is 5.88 Å². The number of hydrogen-bond donors (Lipinski definition) is 1. The van der Waals surface area contributed by atoms with Gasteiger partial charge in [0.1, 0.15) is 5.52 Å². The van der Waals surface area contributed by atoms with Gasteiger partial charge in [-0.1, -0.05) is 27.2 Å². The number of fused-ring (bicyclic) bond motifs is 1. The molecule has 5 nitrogen and oxygen atoms in total. The molecular weight excluding hydrogens is 324 g/mol. The number of hydrogen-bond acceptors (Lipinski definition) is 5. The van der Waals surface area contributed by atoms with Crippen LogP contribution in [0.25, 0.3) is 11.0 Å². The minimum absolute atomic E-state index is 0.391. The van der Waals surface area contributed by atoms with E-state index in [2.05, 4.69) is 47.9 Å². The van der Waals surface area contributed by atoms with Crippen LogP contribution in [0.15, 0.2) is 24.4 Å². The smallest absolute Gasteiger partial charge is 0.213 e. The first-order chi connectivity index (χ1) is 12.7. The molecular formula is C21H34N4O. The van der Waals surface area contributed by atoms with Crippen LogP contribution in [-0.2, 0) is 0 Å². The van der Waals surface area contributed by atoms with E-state index >= 15 is 0 Å².